The van der Waals surface area contributed by atoms with Crippen LogP contribution < -0.4 is 10.9 Å². The van der Waals surface area contributed by atoms with Gasteiger partial charge >= 0.3 is 0 Å². The number of benzene rings is 1. The zero-order valence-corrected chi connectivity index (χ0v) is 12.1. The first-order valence-corrected chi connectivity index (χ1v) is 7.23. The van der Waals surface area contributed by atoms with Gasteiger partial charge < -0.3 is 10.4 Å². The van der Waals surface area contributed by atoms with E-state index in [2.05, 4.69) is 10.3 Å². The van der Waals surface area contributed by atoms with Crippen molar-refractivity contribution in [3.8, 4) is 0 Å². The highest BCUT2D eigenvalue weighted by atomic mass is 19.2. The Morgan fingerprint density at radius 3 is 2.91 bits per heavy atom. The molecule has 1 aliphatic heterocycles. The van der Waals surface area contributed by atoms with Crippen LogP contribution in [0.2, 0.25) is 0 Å². The Kier molecular flexibility index (Phi) is 4.18. The molecule has 1 aromatic carbocycles. The van der Waals surface area contributed by atoms with Crippen LogP contribution in [0.1, 0.15) is 12.8 Å². The van der Waals surface area contributed by atoms with Crippen molar-refractivity contribution < 1.29 is 18.7 Å². The number of nitrogens with one attached hydrogen (secondary N) is 1. The Hall–Kier alpha value is -2.19. The molecule has 1 fully saturated rings. The van der Waals surface area contributed by atoms with E-state index >= 15 is 0 Å². The van der Waals surface area contributed by atoms with Gasteiger partial charge in [-0.05, 0) is 25.1 Å². The van der Waals surface area contributed by atoms with Crippen LogP contribution in [0.3, 0.4) is 0 Å². The Bertz CT molecular complexity index is 821. The number of fused-ring (bicyclic) bond motifs is 1. The number of carbonyl (C=O) groups is 1. The van der Waals surface area contributed by atoms with Crippen LogP contribution in [0.25, 0.3) is 10.9 Å². The molecule has 0 radical (unpaired) electrons. The monoisotopic (exact) mass is 323 g/mol. The summed E-state index contributed by atoms with van der Waals surface area (Å²) in [5.41, 5.74) is -0.772. The molecular weight excluding hydrogens is 308 g/mol. The maximum Gasteiger partial charge on any atom is 0.264 e. The molecule has 6 nitrogen and oxygen atoms in total. The smallest absolute Gasteiger partial charge is 0.264 e. The number of hydrogen-bond acceptors (Lipinski definition) is 5. The fraction of sp³-hybridized carbons (Fsp3) is 0.400. The molecule has 1 aromatic heterocycles. The normalized spacial score (nSPS) is 21.0. The average molecular weight is 323 g/mol. The minimum atomic E-state index is -1.27. The fourth-order valence-corrected chi connectivity index (χ4v) is 2.75. The van der Waals surface area contributed by atoms with E-state index in [-0.39, 0.29) is 30.3 Å². The summed E-state index contributed by atoms with van der Waals surface area (Å²) in [7, 11) is 0. The van der Waals surface area contributed by atoms with Crippen molar-refractivity contribution in [1.29, 1.82) is 0 Å². The van der Waals surface area contributed by atoms with Crippen molar-refractivity contribution in [2.75, 3.05) is 6.54 Å². The molecule has 0 spiro atoms. The summed E-state index contributed by atoms with van der Waals surface area (Å²) in [6.45, 7) is 0.323. The molecule has 1 saturated heterocycles. The molecule has 2 atom stereocenters. The van der Waals surface area contributed by atoms with Crippen LogP contribution in [0.5, 0.6) is 0 Å². The predicted octanol–water partition coefficient (Wildman–Crippen LogP) is 0.357. The third-order valence-electron chi connectivity index (χ3n) is 3.99. The molecule has 0 aliphatic carbocycles. The van der Waals surface area contributed by atoms with Crippen molar-refractivity contribution in [2.24, 2.45) is 0 Å². The highest BCUT2D eigenvalue weighted by molar-refractivity contribution is 5.81. The summed E-state index contributed by atoms with van der Waals surface area (Å²) in [5.74, 6) is -2.71. The maximum atomic E-state index is 13.8. The van der Waals surface area contributed by atoms with E-state index in [0.29, 0.717) is 13.0 Å². The fourth-order valence-electron chi connectivity index (χ4n) is 2.75. The van der Waals surface area contributed by atoms with E-state index in [1.54, 1.807) is 0 Å². The van der Waals surface area contributed by atoms with Gasteiger partial charge in [-0.3, -0.25) is 14.2 Å². The first-order chi connectivity index (χ1) is 11.0. The summed E-state index contributed by atoms with van der Waals surface area (Å²) < 4.78 is 28.0. The maximum absolute atomic E-state index is 13.8. The lowest BCUT2D eigenvalue weighted by atomic mass is 10.1. The topological polar surface area (TPSA) is 84.2 Å². The zero-order valence-electron chi connectivity index (χ0n) is 12.1. The van der Waals surface area contributed by atoms with Gasteiger partial charge in [0.2, 0.25) is 0 Å². The van der Waals surface area contributed by atoms with E-state index < -0.39 is 28.7 Å². The Labute approximate surface area is 129 Å². The molecule has 122 valence electrons. The Morgan fingerprint density at radius 1 is 1.43 bits per heavy atom. The van der Waals surface area contributed by atoms with E-state index in [0.717, 1.165) is 17.0 Å². The van der Waals surface area contributed by atoms with Gasteiger partial charge in [-0.2, -0.15) is 0 Å². The number of carbonyl (C=O) groups excluding carboxylic acids is 1. The average Bonchev–Trinajstić information content (AvgIpc) is 2.91. The number of aliphatic hydroxyl groups excluding tert-OH is 1. The number of halogens is 2. The highest BCUT2D eigenvalue weighted by Crippen LogP contribution is 2.15. The van der Waals surface area contributed by atoms with E-state index in [4.69, 9.17) is 0 Å². The summed E-state index contributed by atoms with van der Waals surface area (Å²) in [6, 6.07) is 1.76. The molecule has 0 bridgehead atoms. The van der Waals surface area contributed by atoms with Crippen molar-refractivity contribution >= 4 is 16.7 Å². The molecule has 8 heteroatoms. The summed E-state index contributed by atoms with van der Waals surface area (Å²) in [6.07, 6.45) is 1.16. The second-order valence-electron chi connectivity index (χ2n) is 5.59. The minimum absolute atomic E-state index is 0.0329. The van der Waals surface area contributed by atoms with Crippen LogP contribution in [-0.2, 0) is 11.3 Å². The number of aromatic nitrogens is 2. The number of rotatable bonds is 4. The van der Waals surface area contributed by atoms with Gasteiger partial charge in [0.15, 0.2) is 17.4 Å². The summed E-state index contributed by atoms with van der Waals surface area (Å²) >= 11 is 0. The van der Waals surface area contributed by atoms with Gasteiger partial charge in [-0.1, -0.05) is 0 Å². The first-order valence-electron chi connectivity index (χ1n) is 7.23. The third kappa shape index (κ3) is 2.99. The van der Waals surface area contributed by atoms with Crippen molar-refractivity contribution in [3.05, 3.63) is 40.4 Å². The molecule has 2 N–H and O–H groups in total. The van der Waals surface area contributed by atoms with Gasteiger partial charge in [-0.15, -0.1) is 0 Å². The molecule has 2 aromatic rings. The van der Waals surface area contributed by atoms with Crippen molar-refractivity contribution in [2.45, 2.75) is 31.5 Å². The van der Waals surface area contributed by atoms with Gasteiger partial charge in [0.25, 0.3) is 5.56 Å². The van der Waals surface area contributed by atoms with Gasteiger partial charge in [0.05, 0.1) is 24.5 Å². The van der Waals surface area contributed by atoms with Gasteiger partial charge in [0, 0.05) is 12.5 Å². The lowest BCUT2D eigenvalue weighted by Gasteiger charge is -2.14. The third-order valence-corrected chi connectivity index (χ3v) is 3.99. The van der Waals surface area contributed by atoms with Crippen LogP contribution in [0.4, 0.5) is 8.78 Å². The van der Waals surface area contributed by atoms with E-state index in [9.17, 15) is 23.5 Å². The van der Waals surface area contributed by atoms with Crippen molar-refractivity contribution in [3.63, 3.8) is 0 Å². The highest BCUT2D eigenvalue weighted by Gasteiger charge is 2.27. The minimum Gasteiger partial charge on any atom is -0.391 e. The standard InChI is InChI=1S/C15H15F2N3O3/c16-9-1-2-10-13(14(9)17)15(23)20(7-19-10)6-8(21)5-11-12(22)3-4-18-11/h1-2,7,11-12,18,22H,3-6H2/t11?,12-/m0/s1. The largest absolute Gasteiger partial charge is 0.391 e. The molecular formula is C15H15F2N3O3. The summed E-state index contributed by atoms with van der Waals surface area (Å²) in [5, 5.41) is 12.2. The zero-order chi connectivity index (χ0) is 16.6. The van der Waals surface area contributed by atoms with Crippen LogP contribution >= 0.6 is 0 Å². The van der Waals surface area contributed by atoms with E-state index in [1.165, 1.54) is 6.07 Å². The van der Waals surface area contributed by atoms with Crippen LogP contribution in [-0.4, -0.2) is 39.1 Å². The second kappa shape index (κ2) is 6.13. The lowest BCUT2D eigenvalue weighted by molar-refractivity contribution is -0.120. The van der Waals surface area contributed by atoms with Crippen LogP contribution in [0.15, 0.2) is 23.3 Å². The predicted molar refractivity (Wildman–Crippen MR) is 78.0 cm³/mol. The molecule has 3 rings (SSSR count). The second-order valence-corrected chi connectivity index (χ2v) is 5.59. The SMILES string of the molecule is O=C(CC1NCC[C@@H]1O)Cn1cnc2ccc(F)c(F)c2c1=O. The molecule has 1 unspecified atom stereocenters. The van der Waals surface area contributed by atoms with Crippen molar-refractivity contribution in [1.82, 2.24) is 14.9 Å². The Balaban J connectivity index is 1.86. The molecule has 0 saturated carbocycles. The number of Topliss-reactive ketones (excluding diaryl/α,β-unsaturated/α-hetero) is 1. The molecule has 2 heterocycles. The molecule has 0 amide bonds. The van der Waals surface area contributed by atoms with Gasteiger partial charge in [0.1, 0.15) is 5.39 Å². The summed E-state index contributed by atoms with van der Waals surface area (Å²) in [4.78, 5) is 28.2. The molecule has 1 aliphatic rings. The number of nitrogens with zero attached hydrogens (tertiary/aromatic N) is 2. The van der Waals surface area contributed by atoms with Gasteiger partial charge in [-0.25, -0.2) is 13.8 Å². The number of hydrogen-bond donors (Lipinski definition) is 2. The molecule has 23 heavy (non-hydrogen) atoms. The van der Waals surface area contributed by atoms with E-state index in [1.807, 2.05) is 0 Å². The first kappa shape index (κ1) is 15.7. The number of aliphatic hydroxyl groups is 1. The lowest BCUT2D eigenvalue weighted by Crippen LogP contribution is -2.35. The van der Waals surface area contributed by atoms with Crippen LogP contribution in [0, 0.1) is 11.6 Å². The quantitative estimate of drug-likeness (QED) is 0.848. The Morgan fingerprint density at radius 2 is 2.22 bits per heavy atom. The number of ketones is 1.